The maximum atomic E-state index is 12.3. The molecule has 1 fully saturated rings. The van der Waals surface area contributed by atoms with Gasteiger partial charge >= 0.3 is 0 Å². The van der Waals surface area contributed by atoms with Gasteiger partial charge in [0.05, 0.1) is 0 Å². The van der Waals surface area contributed by atoms with Gasteiger partial charge in [-0.3, -0.25) is 4.79 Å². The lowest BCUT2D eigenvalue weighted by Crippen LogP contribution is -2.48. The van der Waals surface area contributed by atoms with Crippen LogP contribution in [0.4, 0.5) is 5.82 Å². The molecule has 2 atom stereocenters. The van der Waals surface area contributed by atoms with Gasteiger partial charge in [-0.05, 0) is 36.8 Å². The Bertz CT molecular complexity index is 650. The molecule has 2 N–H and O–H groups in total. The molecule has 8 heteroatoms. The van der Waals surface area contributed by atoms with E-state index in [2.05, 4.69) is 28.9 Å². The maximum Gasteiger partial charge on any atom is 0.279 e. The largest absolute Gasteiger partial charge is 0.311 e. The van der Waals surface area contributed by atoms with Gasteiger partial charge in [-0.25, -0.2) is 9.71 Å². The van der Waals surface area contributed by atoms with Gasteiger partial charge in [-0.1, -0.05) is 19.9 Å². The smallest absolute Gasteiger partial charge is 0.279 e. The SMILES string of the molecule is Cc1ccc(NC(=O)CCNS(=O)(=O)N2C[C@H](C)C[C@H](C)C2)nc1. The Morgan fingerprint density at radius 2 is 1.96 bits per heavy atom. The quantitative estimate of drug-likeness (QED) is 0.810. The second kappa shape index (κ2) is 8.04. The molecule has 0 unspecified atom stereocenters. The van der Waals surface area contributed by atoms with E-state index in [-0.39, 0.29) is 18.9 Å². The first-order valence-electron chi connectivity index (χ1n) is 8.23. The third-order valence-electron chi connectivity index (χ3n) is 3.99. The van der Waals surface area contributed by atoms with Crippen molar-refractivity contribution in [1.82, 2.24) is 14.0 Å². The number of nitrogens with one attached hydrogen (secondary N) is 2. The summed E-state index contributed by atoms with van der Waals surface area (Å²) < 4.78 is 28.6. The Labute approximate surface area is 144 Å². The highest BCUT2D eigenvalue weighted by atomic mass is 32.2. The van der Waals surface area contributed by atoms with Crippen LogP contribution in [0, 0.1) is 18.8 Å². The Balaban J connectivity index is 1.79. The van der Waals surface area contributed by atoms with Crippen molar-refractivity contribution in [3.05, 3.63) is 23.9 Å². The Kier molecular flexibility index (Phi) is 6.31. The number of anilines is 1. The van der Waals surface area contributed by atoms with Crippen molar-refractivity contribution in [1.29, 1.82) is 0 Å². The highest BCUT2D eigenvalue weighted by molar-refractivity contribution is 7.87. The molecule has 24 heavy (non-hydrogen) atoms. The van der Waals surface area contributed by atoms with Gasteiger partial charge in [0.15, 0.2) is 0 Å². The zero-order valence-corrected chi connectivity index (χ0v) is 15.3. The molecule has 2 heterocycles. The van der Waals surface area contributed by atoms with Crippen molar-refractivity contribution in [2.24, 2.45) is 11.8 Å². The van der Waals surface area contributed by atoms with Crippen molar-refractivity contribution in [3.8, 4) is 0 Å². The summed E-state index contributed by atoms with van der Waals surface area (Å²) in [6.45, 7) is 7.15. The fourth-order valence-electron chi connectivity index (χ4n) is 2.93. The van der Waals surface area contributed by atoms with Crippen LogP contribution in [0.2, 0.25) is 0 Å². The molecule has 0 aliphatic carbocycles. The van der Waals surface area contributed by atoms with Gasteiger partial charge in [-0.2, -0.15) is 12.7 Å². The second-order valence-corrected chi connectivity index (χ2v) is 8.44. The number of aromatic nitrogens is 1. The lowest BCUT2D eigenvalue weighted by atomic mass is 9.94. The van der Waals surface area contributed by atoms with Crippen molar-refractivity contribution in [2.75, 3.05) is 25.0 Å². The zero-order chi connectivity index (χ0) is 17.7. The number of hydrogen-bond acceptors (Lipinski definition) is 4. The van der Waals surface area contributed by atoms with Crippen LogP contribution < -0.4 is 10.0 Å². The fourth-order valence-corrected chi connectivity index (χ4v) is 4.38. The minimum atomic E-state index is -3.54. The summed E-state index contributed by atoms with van der Waals surface area (Å²) in [5.41, 5.74) is 1.01. The zero-order valence-electron chi connectivity index (χ0n) is 14.4. The van der Waals surface area contributed by atoms with Gasteiger partial charge in [0.1, 0.15) is 5.82 Å². The molecule has 0 bridgehead atoms. The van der Waals surface area contributed by atoms with Crippen molar-refractivity contribution >= 4 is 21.9 Å². The summed E-state index contributed by atoms with van der Waals surface area (Å²) >= 11 is 0. The molecular formula is C16H26N4O3S. The summed E-state index contributed by atoms with van der Waals surface area (Å²) in [5, 5.41) is 2.65. The number of nitrogens with zero attached hydrogens (tertiary/aromatic N) is 2. The number of pyridine rings is 1. The summed E-state index contributed by atoms with van der Waals surface area (Å²) in [6, 6.07) is 3.57. The van der Waals surface area contributed by atoms with Crippen LogP contribution in [0.3, 0.4) is 0 Å². The Hall–Kier alpha value is -1.51. The van der Waals surface area contributed by atoms with E-state index in [0.717, 1.165) is 12.0 Å². The van der Waals surface area contributed by atoms with E-state index in [1.807, 2.05) is 13.0 Å². The molecule has 0 radical (unpaired) electrons. The van der Waals surface area contributed by atoms with Crippen molar-refractivity contribution in [3.63, 3.8) is 0 Å². The van der Waals surface area contributed by atoms with Crippen LogP contribution in [0.15, 0.2) is 18.3 Å². The van der Waals surface area contributed by atoms with Gasteiger partial charge in [0.2, 0.25) is 5.91 Å². The van der Waals surface area contributed by atoms with Gasteiger partial charge < -0.3 is 5.32 Å². The van der Waals surface area contributed by atoms with Crippen LogP contribution in [-0.2, 0) is 15.0 Å². The van der Waals surface area contributed by atoms with Crippen LogP contribution in [-0.4, -0.2) is 43.2 Å². The van der Waals surface area contributed by atoms with Crippen LogP contribution in [0.25, 0.3) is 0 Å². The van der Waals surface area contributed by atoms with E-state index < -0.39 is 10.2 Å². The Morgan fingerprint density at radius 3 is 2.54 bits per heavy atom. The minimum absolute atomic E-state index is 0.0632. The molecule has 1 aromatic heterocycles. The number of piperidine rings is 1. The van der Waals surface area contributed by atoms with E-state index in [0.29, 0.717) is 30.7 Å². The lowest BCUT2D eigenvalue weighted by molar-refractivity contribution is -0.116. The molecule has 1 aliphatic rings. The van der Waals surface area contributed by atoms with Gasteiger partial charge in [0.25, 0.3) is 10.2 Å². The second-order valence-electron chi connectivity index (χ2n) is 6.68. The number of carbonyl (C=O) groups is 1. The molecule has 0 saturated carbocycles. The summed E-state index contributed by atoms with van der Waals surface area (Å²) in [4.78, 5) is 16.0. The predicted octanol–water partition coefficient (Wildman–Crippen LogP) is 1.53. The molecule has 134 valence electrons. The normalized spacial score (nSPS) is 22.3. The highest BCUT2D eigenvalue weighted by Gasteiger charge is 2.30. The van der Waals surface area contributed by atoms with Crippen molar-refractivity contribution in [2.45, 2.75) is 33.6 Å². The van der Waals surface area contributed by atoms with Gasteiger partial charge in [0, 0.05) is 32.3 Å². The molecule has 0 spiro atoms. The lowest BCUT2D eigenvalue weighted by Gasteiger charge is -2.33. The van der Waals surface area contributed by atoms with E-state index in [9.17, 15) is 13.2 Å². The molecule has 2 rings (SSSR count). The number of carbonyl (C=O) groups excluding carboxylic acids is 1. The number of hydrogen-bond donors (Lipinski definition) is 2. The summed E-state index contributed by atoms with van der Waals surface area (Å²) in [7, 11) is -3.54. The number of aryl methyl sites for hydroxylation is 1. The first kappa shape index (κ1) is 18.8. The first-order valence-corrected chi connectivity index (χ1v) is 9.67. The van der Waals surface area contributed by atoms with E-state index in [1.165, 1.54) is 4.31 Å². The van der Waals surface area contributed by atoms with E-state index in [4.69, 9.17) is 0 Å². The average Bonchev–Trinajstić information content (AvgIpc) is 2.48. The predicted molar refractivity (Wildman–Crippen MR) is 93.7 cm³/mol. The third-order valence-corrected chi connectivity index (χ3v) is 5.54. The molecule has 1 saturated heterocycles. The standard InChI is InChI=1S/C16H26N4O3S/c1-12-4-5-15(17-9-12)19-16(21)6-7-18-24(22,23)20-10-13(2)8-14(3)11-20/h4-5,9,13-14,18H,6-8,10-11H2,1-3H3,(H,17,19,21)/t13-,14+. The average molecular weight is 354 g/mol. The van der Waals surface area contributed by atoms with E-state index in [1.54, 1.807) is 12.3 Å². The monoisotopic (exact) mass is 354 g/mol. The minimum Gasteiger partial charge on any atom is -0.311 e. The summed E-state index contributed by atoms with van der Waals surface area (Å²) in [5.74, 6) is 0.893. The molecule has 1 amide bonds. The summed E-state index contributed by atoms with van der Waals surface area (Å²) in [6.07, 6.45) is 2.77. The number of amides is 1. The number of rotatable bonds is 6. The molecule has 1 aromatic rings. The third kappa shape index (κ3) is 5.54. The maximum absolute atomic E-state index is 12.3. The molecular weight excluding hydrogens is 328 g/mol. The topological polar surface area (TPSA) is 91.4 Å². The van der Waals surface area contributed by atoms with E-state index >= 15 is 0 Å². The van der Waals surface area contributed by atoms with Crippen molar-refractivity contribution < 1.29 is 13.2 Å². The molecule has 7 nitrogen and oxygen atoms in total. The molecule has 0 aromatic carbocycles. The Morgan fingerprint density at radius 1 is 1.29 bits per heavy atom. The van der Waals surface area contributed by atoms with Gasteiger partial charge in [-0.15, -0.1) is 0 Å². The van der Waals surface area contributed by atoms with Crippen LogP contribution in [0.1, 0.15) is 32.3 Å². The highest BCUT2D eigenvalue weighted by Crippen LogP contribution is 2.22. The molecule has 1 aliphatic heterocycles. The van der Waals surface area contributed by atoms with Crippen LogP contribution >= 0.6 is 0 Å². The first-order chi connectivity index (χ1) is 11.3. The fraction of sp³-hybridized carbons (Fsp3) is 0.625. The van der Waals surface area contributed by atoms with Crippen LogP contribution in [0.5, 0.6) is 0 Å².